The first-order chi connectivity index (χ1) is 15.2. The SMILES string of the molecule is COc1ccc(CC(=O)N2CCCC3(CCN(C(=O)CC[C@H](N)C(N)=O)CC3)C2)c(Cl)c1.Cl. The maximum absolute atomic E-state index is 13.0. The van der Waals surface area contributed by atoms with Gasteiger partial charge in [0.1, 0.15) is 5.75 Å². The number of ether oxygens (including phenoxy) is 1. The minimum Gasteiger partial charge on any atom is -0.497 e. The van der Waals surface area contributed by atoms with Crippen molar-refractivity contribution in [3.8, 4) is 5.75 Å². The van der Waals surface area contributed by atoms with Crippen LogP contribution in [0.4, 0.5) is 0 Å². The Morgan fingerprint density at radius 1 is 1.12 bits per heavy atom. The van der Waals surface area contributed by atoms with Crippen LogP contribution in [0.2, 0.25) is 5.02 Å². The summed E-state index contributed by atoms with van der Waals surface area (Å²) in [6.07, 6.45) is 4.53. The second-order valence-corrected chi connectivity index (χ2v) is 9.39. The Labute approximate surface area is 206 Å². The zero-order valence-corrected chi connectivity index (χ0v) is 20.6. The summed E-state index contributed by atoms with van der Waals surface area (Å²) >= 11 is 6.32. The van der Waals surface area contributed by atoms with Crippen LogP contribution in [0.15, 0.2) is 18.2 Å². The van der Waals surface area contributed by atoms with Gasteiger partial charge < -0.3 is 26.0 Å². The van der Waals surface area contributed by atoms with Crippen LogP contribution in [0.3, 0.4) is 0 Å². The van der Waals surface area contributed by atoms with E-state index in [9.17, 15) is 14.4 Å². The molecular weight excluding hydrogens is 467 g/mol. The molecular formula is C23H34Cl2N4O4. The molecule has 2 aliphatic heterocycles. The molecule has 10 heteroatoms. The molecule has 8 nitrogen and oxygen atoms in total. The van der Waals surface area contributed by atoms with Crippen LogP contribution in [-0.2, 0) is 20.8 Å². The predicted octanol–water partition coefficient (Wildman–Crippen LogP) is 2.14. The number of likely N-dealkylation sites (tertiary alicyclic amines) is 2. The first kappa shape index (κ1) is 27.2. The Hall–Kier alpha value is -2.03. The lowest BCUT2D eigenvalue weighted by atomic mass is 9.72. The minimum atomic E-state index is -0.785. The van der Waals surface area contributed by atoms with Crippen LogP contribution < -0.4 is 16.2 Å². The molecule has 0 radical (unpaired) electrons. The fourth-order valence-corrected chi connectivity index (χ4v) is 4.95. The normalized spacial score (nSPS) is 18.4. The number of methoxy groups -OCH3 is 1. The van der Waals surface area contributed by atoms with Gasteiger partial charge in [-0.1, -0.05) is 17.7 Å². The van der Waals surface area contributed by atoms with E-state index in [-0.39, 0.29) is 48.9 Å². The molecule has 3 amide bonds. The van der Waals surface area contributed by atoms with E-state index in [2.05, 4.69) is 0 Å². The summed E-state index contributed by atoms with van der Waals surface area (Å²) in [5.41, 5.74) is 11.7. The summed E-state index contributed by atoms with van der Waals surface area (Å²) in [5.74, 6) is 0.170. The van der Waals surface area contributed by atoms with Gasteiger partial charge in [-0.15, -0.1) is 12.4 Å². The van der Waals surface area contributed by atoms with Gasteiger partial charge in [-0.3, -0.25) is 14.4 Å². The lowest BCUT2D eigenvalue weighted by molar-refractivity contribution is -0.139. The Bertz CT molecular complexity index is 859. The lowest BCUT2D eigenvalue weighted by Crippen LogP contribution is -2.52. The van der Waals surface area contributed by atoms with Gasteiger partial charge in [0.05, 0.1) is 19.6 Å². The highest BCUT2D eigenvalue weighted by molar-refractivity contribution is 6.31. The van der Waals surface area contributed by atoms with E-state index in [1.165, 1.54) is 0 Å². The van der Waals surface area contributed by atoms with E-state index in [1.54, 1.807) is 13.2 Å². The number of carbonyl (C=O) groups excluding carboxylic acids is 3. The minimum absolute atomic E-state index is 0. The van der Waals surface area contributed by atoms with E-state index in [0.29, 0.717) is 30.4 Å². The molecule has 2 heterocycles. The van der Waals surface area contributed by atoms with Crippen molar-refractivity contribution in [3.05, 3.63) is 28.8 Å². The number of nitrogens with two attached hydrogens (primary N) is 2. The van der Waals surface area contributed by atoms with Crippen molar-refractivity contribution in [1.29, 1.82) is 0 Å². The summed E-state index contributed by atoms with van der Waals surface area (Å²) in [6, 6.07) is 4.60. The molecule has 0 saturated carbocycles. The van der Waals surface area contributed by atoms with E-state index >= 15 is 0 Å². The van der Waals surface area contributed by atoms with Crippen molar-refractivity contribution >= 4 is 41.7 Å². The molecule has 1 aromatic rings. The van der Waals surface area contributed by atoms with Gasteiger partial charge in [-0.25, -0.2) is 0 Å². The molecule has 1 spiro atoms. The molecule has 33 heavy (non-hydrogen) atoms. The Morgan fingerprint density at radius 2 is 1.82 bits per heavy atom. The smallest absolute Gasteiger partial charge is 0.234 e. The number of hydrogen-bond donors (Lipinski definition) is 2. The highest BCUT2D eigenvalue weighted by Gasteiger charge is 2.40. The number of benzene rings is 1. The summed E-state index contributed by atoms with van der Waals surface area (Å²) < 4.78 is 5.17. The van der Waals surface area contributed by atoms with Gasteiger partial charge in [-0.05, 0) is 55.2 Å². The highest BCUT2D eigenvalue weighted by atomic mass is 35.5. The Morgan fingerprint density at radius 3 is 2.42 bits per heavy atom. The van der Waals surface area contributed by atoms with Gasteiger partial charge in [0.15, 0.2) is 0 Å². The number of primary amides is 1. The summed E-state index contributed by atoms with van der Waals surface area (Å²) in [5, 5.41) is 0.535. The fourth-order valence-electron chi connectivity index (χ4n) is 4.71. The van der Waals surface area contributed by atoms with Crippen molar-refractivity contribution < 1.29 is 19.1 Å². The highest BCUT2D eigenvalue weighted by Crippen LogP contribution is 2.40. The van der Waals surface area contributed by atoms with E-state index in [0.717, 1.165) is 37.8 Å². The third kappa shape index (κ3) is 6.98. The van der Waals surface area contributed by atoms with Gasteiger partial charge in [0.2, 0.25) is 17.7 Å². The van der Waals surface area contributed by atoms with Crippen LogP contribution in [-0.4, -0.2) is 66.9 Å². The topological polar surface area (TPSA) is 119 Å². The zero-order valence-electron chi connectivity index (χ0n) is 19.1. The molecule has 2 saturated heterocycles. The van der Waals surface area contributed by atoms with Crippen LogP contribution in [0.1, 0.15) is 44.1 Å². The number of halogens is 2. The Balaban J connectivity index is 0.00000385. The van der Waals surface area contributed by atoms with E-state index in [4.69, 9.17) is 27.8 Å². The number of carbonyl (C=O) groups is 3. The largest absolute Gasteiger partial charge is 0.497 e. The van der Waals surface area contributed by atoms with Crippen molar-refractivity contribution in [2.24, 2.45) is 16.9 Å². The monoisotopic (exact) mass is 500 g/mol. The van der Waals surface area contributed by atoms with Crippen molar-refractivity contribution in [2.75, 3.05) is 33.3 Å². The average Bonchev–Trinajstić information content (AvgIpc) is 2.78. The molecule has 2 aliphatic rings. The standard InChI is InChI=1S/C23H33ClN4O4.ClH/c1-32-17-4-3-16(18(24)14-17)13-21(30)28-10-2-7-23(15-28)8-11-27(12-9-23)20(29)6-5-19(25)22(26)31;/h3-4,14,19H,2,5-13,15,25H2,1H3,(H2,26,31);1H/t19-;/m0./s1. The van der Waals surface area contributed by atoms with Crippen molar-refractivity contribution in [3.63, 3.8) is 0 Å². The molecule has 1 atom stereocenters. The number of amides is 3. The molecule has 2 fully saturated rings. The molecule has 4 N–H and O–H groups in total. The molecule has 0 aliphatic carbocycles. The Kier molecular flexibility index (Phi) is 9.82. The number of rotatable bonds is 7. The summed E-state index contributed by atoms with van der Waals surface area (Å²) in [6.45, 7) is 2.80. The first-order valence-electron chi connectivity index (χ1n) is 11.2. The third-order valence-corrected chi connectivity index (χ3v) is 7.18. The van der Waals surface area contributed by atoms with Crippen LogP contribution in [0, 0.1) is 5.41 Å². The van der Waals surface area contributed by atoms with Gasteiger partial charge in [0, 0.05) is 37.6 Å². The van der Waals surface area contributed by atoms with Crippen LogP contribution >= 0.6 is 24.0 Å². The fraction of sp³-hybridized carbons (Fsp3) is 0.609. The maximum atomic E-state index is 13.0. The summed E-state index contributed by atoms with van der Waals surface area (Å²) in [4.78, 5) is 40.3. The van der Waals surface area contributed by atoms with E-state index in [1.807, 2.05) is 21.9 Å². The second-order valence-electron chi connectivity index (χ2n) is 8.98. The van der Waals surface area contributed by atoms with Gasteiger partial charge in [-0.2, -0.15) is 0 Å². The molecule has 1 aromatic carbocycles. The number of hydrogen-bond acceptors (Lipinski definition) is 5. The lowest BCUT2D eigenvalue weighted by Gasteiger charge is -2.47. The molecule has 0 aromatic heterocycles. The molecule has 184 valence electrons. The second kappa shape index (κ2) is 11.9. The first-order valence-corrected chi connectivity index (χ1v) is 11.5. The number of nitrogens with zero attached hydrogens (tertiary/aromatic N) is 2. The predicted molar refractivity (Wildman–Crippen MR) is 129 cm³/mol. The molecule has 3 rings (SSSR count). The van der Waals surface area contributed by atoms with Crippen LogP contribution in [0.5, 0.6) is 5.75 Å². The van der Waals surface area contributed by atoms with E-state index < -0.39 is 11.9 Å². The number of piperidine rings is 2. The van der Waals surface area contributed by atoms with Crippen LogP contribution in [0.25, 0.3) is 0 Å². The summed E-state index contributed by atoms with van der Waals surface area (Å²) in [7, 11) is 1.58. The van der Waals surface area contributed by atoms with Gasteiger partial charge in [0.25, 0.3) is 0 Å². The van der Waals surface area contributed by atoms with Crippen molar-refractivity contribution in [2.45, 2.75) is 51.0 Å². The quantitative estimate of drug-likeness (QED) is 0.594. The molecule has 0 bridgehead atoms. The maximum Gasteiger partial charge on any atom is 0.234 e. The molecule has 0 unspecified atom stereocenters. The van der Waals surface area contributed by atoms with Crippen molar-refractivity contribution in [1.82, 2.24) is 9.80 Å². The third-order valence-electron chi connectivity index (χ3n) is 6.83. The van der Waals surface area contributed by atoms with Gasteiger partial charge >= 0.3 is 0 Å². The zero-order chi connectivity index (χ0) is 23.3. The average molecular weight is 501 g/mol.